The number of carboxylic acids is 1. The first-order valence-corrected chi connectivity index (χ1v) is 10.2. The van der Waals surface area contributed by atoms with Gasteiger partial charge in [0, 0.05) is 11.5 Å². The number of unbranched alkanes of at least 4 members (excludes halogenated alkanes) is 2. The van der Waals surface area contributed by atoms with Gasteiger partial charge in [0.1, 0.15) is 28.3 Å². The first-order chi connectivity index (χ1) is 13.0. The standard InChI is InChI=1S/C23H32O5/c1-6-7-8-9-14-12-16-18(20(24)17(14)21(25)26)19-15(13(2)3)10-11-22(4,27)23(19,5)28-16/h12,15,19,24,27H,2,6-11H2,1,3-5H3,(H,25,26)/t15-,19+,22-,23-/m0/s1. The minimum absolute atomic E-state index is 0.00459. The summed E-state index contributed by atoms with van der Waals surface area (Å²) in [5, 5.41) is 32.0. The summed E-state index contributed by atoms with van der Waals surface area (Å²) in [5.41, 5.74) is -0.0363. The second-order valence-corrected chi connectivity index (χ2v) is 8.89. The summed E-state index contributed by atoms with van der Waals surface area (Å²) in [6.45, 7) is 11.8. The zero-order valence-electron chi connectivity index (χ0n) is 17.3. The quantitative estimate of drug-likeness (QED) is 0.481. The van der Waals surface area contributed by atoms with Crippen molar-refractivity contribution in [1.29, 1.82) is 0 Å². The zero-order chi connectivity index (χ0) is 20.9. The molecule has 0 aromatic heterocycles. The van der Waals surface area contributed by atoms with Gasteiger partial charge in [-0.25, -0.2) is 4.79 Å². The molecule has 5 heteroatoms. The smallest absolute Gasteiger partial charge is 0.339 e. The zero-order valence-corrected chi connectivity index (χ0v) is 17.3. The van der Waals surface area contributed by atoms with Gasteiger partial charge in [0.05, 0.1) is 0 Å². The van der Waals surface area contributed by atoms with E-state index in [4.69, 9.17) is 4.74 Å². The van der Waals surface area contributed by atoms with E-state index in [9.17, 15) is 20.1 Å². The van der Waals surface area contributed by atoms with Crippen molar-refractivity contribution in [2.45, 2.75) is 83.3 Å². The number of fused-ring (bicyclic) bond motifs is 3. The van der Waals surface area contributed by atoms with Crippen molar-refractivity contribution in [3.8, 4) is 11.5 Å². The summed E-state index contributed by atoms with van der Waals surface area (Å²) in [7, 11) is 0. The van der Waals surface area contributed by atoms with Gasteiger partial charge in [0.25, 0.3) is 0 Å². The first kappa shape index (κ1) is 20.7. The molecule has 1 aliphatic carbocycles. The van der Waals surface area contributed by atoms with E-state index >= 15 is 0 Å². The van der Waals surface area contributed by atoms with Gasteiger partial charge < -0.3 is 20.1 Å². The Kier molecular flexibility index (Phi) is 5.26. The lowest BCUT2D eigenvalue weighted by Gasteiger charge is -2.50. The van der Waals surface area contributed by atoms with Crippen molar-refractivity contribution in [3.05, 3.63) is 34.9 Å². The van der Waals surface area contributed by atoms with Crippen LogP contribution >= 0.6 is 0 Å². The maximum Gasteiger partial charge on any atom is 0.339 e. The predicted molar refractivity (Wildman–Crippen MR) is 108 cm³/mol. The molecular formula is C23H32O5. The molecule has 4 atom stereocenters. The summed E-state index contributed by atoms with van der Waals surface area (Å²) >= 11 is 0. The molecule has 1 fully saturated rings. The Bertz CT molecular complexity index is 810. The number of carbonyl (C=O) groups is 1. The monoisotopic (exact) mass is 388 g/mol. The fraction of sp³-hybridized carbons (Fsp3) is 0.609. The third kappa shape index (κ3) is 3.00. The average molecular weight is 389 g/mol. The molecule has 28 heavy (non-hydrogen) atoms. The minimum atomic E-state index is -1.13. The van der Waals surface area contributed by atoms with E-state index in [1.165, 1.54) is 0 Å². The molecule has 3 rings (SSSR count). The van der Waals surface area contributed by atoms with E-state index in [2.05, 4.69) is 13.5 Å². The third-order valence-corrected chi connectivity index (χ3v) is 6.92. The molecule has 0 saturated heterocycles. The van der Waals surface area contributed by atoms with Crippen molar-refractivity contribution in [2.24, 2.45) is 5.92 Å². The van der Waals surface area contributed by atoms with E-state index in [0.29, 0.717) is 36.1 Å². The highest BCUT2D eigenvalue weighted by molar-refractivity contribution is 5.94. The highest BCUT2D eigenvalue weighted by Gasteiger charge is 2.62. The highest BCUT2D eigenvalue weighted by atomic mass is 16.5. The van der Waals surface area contributed by atoms with Crippen LogP contribution in [0.2, 0.25) is 0 Å². The average Bonchev–Trinajstić information content (AvgIpc) is 2.89. The Morgan fingerprint density at radius 3 is 2.61 bits per heavy atom. The van der Waals surface area contributed by atoms with Crippen LogP contribution in [-0.4, -0.2) is 32.5 Å². The Morgan fingerprint density at radius 1 is 1.36 bits per heavy atom. The van der Waals surface area contributed by atoms with E-state index in [1.54, 1.807) is 13.0 Å². The molecule has 0 bridgehead atoms. The van der Waals surface area contributed by atoms with Crippen LogP contribution in [0.4, 0.5) is 0 Å². The van der Waals surface area contributed by atoms with E-state index in [1.807, 2.05) is 13.8 Å². The fourth-order valence-electron chi connectivity index (χ4n) is 5.08. The number of aryl methyl sites for hydroxylation is 1. The molecule has 0 spiro atoms. The molecule has 5 nitrogen and oxygen atoms in total. The minimum Gasteiger partial charge on any atom is -0.507 e. The van der Waals surface area contributed by atoms with Gasteiger partial charge in [-0.2, -0.15) is 0 Å². The normalized spacial score (nSPS) is 31.0. The molecule has 2 aliphatic rings. The van der Waals surface area contributed by atoms with Gasteiger partial charge in [-0.15, -0.1) is 0 Å². The Hall–Kier alpha value is -2.01. The number of phenols is 1. The molecule has 0 unspecified atom stereocenters. The van der Waals surface area contributed by atoms with Crippen LogP contribution in [0, 0.1) is 5.92 Å². The maximum absolute atomic E-state index is 12.0. The number of aliphatic hydroxyl groups is 1. The number of carboxylic acid groups (broad SMARTS) is 1. The molecule has 1 heterocycles. The van der Waals surface area contributed by atoms with Gasteiger partial charge in [0.15, 0.2) is 0 Å². The number of aromatic carboxylic acids is 1. The molecule has 0 radical (unpaired) electrons. The van der Waals surface area contributed by atoms with Crippen LogP contribution in [-0.2, 0) is 6.42 Å². The Labute approximate surface area is 167 Å². The van der Waals surface area contributed by atoms with Gasteiger partial charge in [-0.3, -0.25) is 0 Å². The van der Waals surface area contributed by atoms with Crippen LogP contribution in [0.15, 0.2) is 18.2 Å². The van der Waals surface area contributed by atoms with Crippen LogP contribution in [0.1, 0.15) is 87.2 Å². The molecule has 1 aliphatic heterocycles. The Morgan fingerprint density at radius 2 is 2.04 bits per heavy atom. The van der Waals surface area contributed by atoms with Crippen LogP contribution in [0.25, 0.3) is 0 Å². The lowest BCUT2D eigenvalue weighted by atomic mass is 9.59. The SMILES string of the molecule is C=C(C)[C@@H]1CC[C@](C)(O)[C@@]2(C)Oc3cc(CCCCC)c(C(=O)O)c(O)c3[C@@H]12. The number of hydrogen-bond donors (Lipinski definition) is 3. The van der Waals surface area contributed by atoms with Crippen molar-refractivity contribution >= 4 is 5.97 Å². The van der Waals surface area contributed by atoms with Gasteiger partial charge >= 0.3 is 5.97 Å². The number of benzene rings is 1. The second kappa shape index (κ2) is 7.11. The van der Waals surface area contributed by atoms with Crippen LogP contribution < -0.4 is 4.74 Å². The van der Waals surface area contributed by atoms with E-state index in [-0.39, 0.29) is 23.1 Å². The first-order valence-electron chi connectivity index (χ1n) is 10.2. The molecule has 3 N–H and O–H groups in total. The summed E-state index contributed by atoms with van der Waals surface area (Å²) in [6, 6.07) is 1.77. The molecule has 1 saturated carbocycles. The van der Waals surface area contributed by atoms with Crippen LogP contribution in [0.3, 0.4) is 0 Å². The summed E-state index contributed by atoms with van der Waals surface area (Å²) in [5.74, 6) is -1.18. The largest absolute Gasteiger partial charge is 0.507 e. The molecule has 0 amide bonds. The fourth-order valence-corrected chi connectivity index (χ4v) is 5.08. The molecule has 1 aromatic carbocycles. The molecular weight excluding hydrogens is 356 g/mol. The lowest BCUT2D eigenvalue weighted by Crippen LogP contribution is -2.60. The number of rotatable bonds is 6. The van der Waals surface area contributed by atoms with Crippen molar-refractivity contribution < 1.29 is 24.9 Å². The van der Waals surface area contributed by atoms with Crippen molar-refractivity contribution in [3.63, 3.8) is 0 Å². The number of aromatic hydroxyl groups is 1. The molecule has 154 valence electrons. The Balaban J connectivity index is 2.19. The second-order valence-electron chi connectivity index (χ2n) is 8.89. The summed E-state index contributed by atoms with van der Waals surface area (Å²) in [6.07, 6.45) is 4.71. The lowest BCUT2D eigenvalue weighted by molar-refractivity contribution is -0.146. The third-order valence-electron chi connectivity index (χ3n) is 6.92. The van der Waals surface area contributed by atoms with Crippen LogP contribution in [0.5, 0.6) is 11.5 Å². The summed E-state index contributed by atoms with van der Waals surface area (Å²) in [4.78, 5) is 12.0. The summed E-state index contributed by atoms with van der Waals surface area (Å²) < 4.78 is 6.31. The highest BCUT2D eigenvalue weighted by Crippen LogP contribution is 2.62. The maximum atomic E-state index is 12.0. The van der Waals surface area contributed by atoms with E-state index in [0.717, 1.165) is 24.8 Å². The predicted octanol–water partition coefficient (Wildman–Crippen LogP) is 4.79. The van der Waals surface area contributed by atoms with Gasteiger partial charge in [-0.1, -0.05) is 31.9 Å². The number of ether oxygens (including phenoxy) is 1. The number of allylic oxidation sites excluding steroid dienone is 1. The van der Waals surface area contributed by atoms with Gasteiger partial charge in [0.2, 0.25) is 0 Å². The van der Waals surface area contributed by atoms with Crippen molar-refractivity contribution in [1.82, 2.24) is 0 Å². The van der Waals surface area contributed by atoms with Gasteiger partial charge in [-0.05, 0) is 64.0 Å². The number of hydrogen-bond acceptors (Lipinski definition) is 4. The van der Waals surface area contributed by atoms with Crippen molar-refractivity contribution in [2.75, 3.05) is 0 Å². The molecule has 1 aromatic rings. The topological polar surface area (TPSA) is 87.0 Å². The van der Waals surface area contributed by atoms with E-state index < -0.39 is 17.2 Å².